The average molecular weight is 488 g/mol. The third-order valence-electron chi connectivity index (χ3n) is 5.14. The molecule has 0 bridgehead atoms. The van der Waals surface area contributed by atoms with Crippen molar-refractivity contribution in [2.45, 2.75) is 25.7 Å². The summed E-state index contributed by atoms with van der Waals surface area (Å²) in [5, 5.41) is 6.41. The number of carbonyl (C=O) groups is 2. The van der Waals surface area contributed by atoms with E-state index in [4.69, 9.17) is 0 Å². The van der Waals surface area contributed by atoms with E-state index in [1.807, 2.05) is 62.4 Å². The highest BCUT2D eigenvalue weighted by molar-refractivity contribution is 8.00. The summed E-state index contributed by atoms with van der Waals surface area (Å²) < 4.78 is 0. The Morgan fingerprint density at radius 1 is 0.882 bits per heavy atom. The van der Waals surface area contributed by atoms with Crippen LogP contribution in [0.1, 0.15) is 26.4 Å². The van der Waals surface area contributed by atoms with Crippen LogP contribution in [-0.4, -0.2) is 22.6 Å². The van der Waals surface area contributed by atoms with E-state index in [0.29, 0.717) is 16.4 Å². The van der Waals surface area contributed by atoms with Crippen molar-refractivity contribution in [3.8, 4) is 11.3 Å². The summed E-state index contributed by atoms with van der Waals surface area (Å²) in [6.45, 7) is 6.04. The van der Waals surface area contributed by atoms with Gasteiger partial charge in [-0.05, 0) is 51.1 Å². The van der Waals surface area contributed by atoms with Gasteiger partial charge in [-0.2, -0.15) is 0 Å². The monoisotopic (exact) mass is 487 g/mol. The maximum absolute atomic E-state index is 12.5. The minimum absolute atomic E-state index is 0.122. The number of thioether (sulfide) groups is 1. The van der Waals surface area contributed by atoms with E-state index in [-0.39, 0.29) is 17.6 Å². The van der Waals surface area contributed by atoms with Crippen LogP contribution in [0.2, 0.25) is 0 Å². The van der Waals surface area contributed by atoms with E-state index in [1.54, 1.807) is 12.1 Å². The van der Waals surface area contributed by atoms with Gasteiger partial charge < -0.3 is 10.6 Å². The molecule has 0 fully saturated rings. The Morgan fingerprint density at radius 3 is 2.26 bits per heavy atom. The zero-order chi connectivity index (χ0) is 24.1. The summed E-state index contributed by atoms with van der Waals surface area (Å²) in [7, 11) is 0. The number of nitrogens with zero attached hydrogens (tertiary/aromatic N) is 1. The van der Waals surface area contributed by atoms with Crippen LogP contribution in [0, 0.1) is 20.8 Å². The minimum Gasteiger partial charge on any atom is -0.322 e. The summed E-state index contributed by atoms with van der Waals surface area (Å²) in [5.74, 6) is -0.0415. The predicted molar refractivity (Wildman–Crippen MR) is 142 cm³/mol. The van der Waals surface area contributed by atoms with Crippen molar-refractivity contribution in [1.29, 1.82) is 0 Å². The topological polar surface area (TPSA) is 71.1 Å². The summed E-state index contributed by atoms with van der Waals surface area (Å²) in [4.78, 5) is 31.6. The highest BCUT2D eigenvalue weighted by Gasteiger charge is 2.13. The van der Waals surface area contributed by atoms with Crippen molar-refractivity contribution >= 4 is 45.7 Å². The molecule has 0 spiro atoms. The first-order chi connectivity index (χ1) is 16.4. The molecule has 4 aromatic rings. The minimum atomic E-state index is -0.164. The smallest absolute Gasteiger partial charge is 0.255 e. The van der Waals surface area contributed by atoms with Crippen molar-refractivity contribution in [3.05, 3.63) is 94.4 Å². The number of anilines is 2. The standard InChI is InChI=1S/C27H25N3O2S2/c1-17-7-11-20(12-8-17)25-19(3)34-27(30-25)29-24(31)16-33-23-6-4-5-22(15-23)28-26(32)21-13-9-18(2)10-14-21/h4-15H,16H2,1-3H3,(H,28,32)(H,29,30,31). The van der Waals surface area contributed by atoms with Crippen LogP contribution in [0.25, 0.3) is 11.3 Å². The number of benzene rings is 3. The molecule has 0 aliphatic carbocycles. The Bertz CT molecular complexity index is 1310. The Labute approximate surface area is 207 Å². The number of nitrogens with one attached hydrogen (secondary N) is 2. The number of rotatable bonds is 7. The maximum Gasteiger partial charge on any atom is 0.255 e. The van der Waals surface area contributed by atoms with Gasteiger partial charge in [-0.25, -0.2) is 4.98 Å². The molecule has 2 N–H and O–H groups in total. The summed E-state index contributed by atoms with van der Waals surface area (Å²) >= 11 is 2.88. The van der Waals surface area contributed by atoms with Crippen LogP contribution < -0.4 is 10.6 Å². The molecular formula is C27H25N3O2S2. The van der Waals surface area contributed by atoms with Gasteiger partial charge in [0.15, 0.2) is 5.13 Å². The lowest BCUT2D eigenvalue weighted by atomic mass is 10.1. The van der Waals surface area contributed by atoms with Crippen LogP contribution in [0.15, 0.2) is 77.7 Å². The van der Waals surface area contributed by atoms with E-state index in [9.17, 15) is 9.59 Å². The van der Waals surface area contributed by atoms with Gasteiger partial charge in [0.1, 0.15) is 0 Å². The van der Waals surface area contributed by atoms with Crippen LogP contribution in [0.3, 0.4) is 0 Å². The molecule has 2 amide bonds. The molecule has 5 nitrogen and oxygen atoms in total. The van der Waals surface area contributed by atoms with Crippen molar-refractivity contribution in [3.63, 3.8) is 0 Å². The number of aryl methyl sites for hydroxylation is 3. The molecule has 34 heavy (non-hydrogen) atoms. The maximum atomic E-state index is 12.5. The Balaban J connectivity index is 1.33. The van der Waals surface area contributed by atoms with Crippen LogP contribution in [-0.2, 0) is 4.79 Å². The molecular weight excluding hydrogens is 462 g/mol. The predicted octanol–water partition coefficient (Wildman–Crippen LogP) is 6.72. The normalized spacial score (nSPS) is 10.7. The molecule has 0 aliphatic heterocycles. The van der Waals surface area contributed by atoms with Gasteiger partial charge in [-0.15, -0.1) is 23.1 Å². The zero-order valence-electron chi connectivity index (χ0n) is 19.2. The fourth-order valence-electron chi connectivity index (χ4n) is 3.31. The lowest BCUT2D eigenvalue weighted by Gasteiger charge is -2.08. The second-order valence-electron chi connectivity index (χ2n) is 7.97. The van der Waals surface area contributed by atoms with E-state index >= 15 is 0 Å². The molecule has 1 aromatic heterocycles. The number of hydrogen-bond donors (Lipinski definition) is 2. The van der Waals surface area contributed by atoms with Gasteiger partial charge in [0, 0.05) is 26.6 Å². The lowest BCUT2D eigenvalue weighted by Crippen LogP contribution is -2.14. The molecule has 0 radical (unpaired) electrons. The number of aromatic nitrogens is 1. The number of amides is 2. The van der Waals surface area contributed by atoms with Crippen molar-refractivity contribution in [2.24, 2.45) is 0 Å². The second-order valence-corrected chi connectivity index (χ2v) is 10.2. The van der Waals surface area contributed by atoms with E-state index in [1.165, 1.54) is 28.7 Å². The van der Waals surface area contributed by atoms with Gasteiger partial charge in [-0.3, -0.25) is 9.59 Å². The average Bonchev–Trinajstić information content (AvgIpc) is 3.18. The third-order valence-corrected chi connectivity index (χ3v) is 7.02. The molecule has 4 rings (SSSR count). The molecule has 3 aromatic carbocycles. The Kier molecular flexibility index (Phi) is 7.45. The SMILES string of the molecule is Cc1ccc(C(=O)Nc2cccc(SCC(=O)Nc3nc(-c4ccc(C)cc4)c(C)s3)c2)cc1. The van der Waals surface area contributed by atoms with Crippen molar-refractivity contribution in [2.75, 3.05) is 16.4 Å². The molecule has 1 heterocycles. The zero-order valence-corrected chi connectivity index (χ0v) is 20.8. The first-order valence-electron chi connectivity index (χ1n) is 10.8. The molecule has 172 valence electrons. The molecule has 0 saturated carbocycles. The molecule has 0 atom stereocenters. The number of thiazole rings is 1. The molecule has 0 saturated heterocycles. The number of hydrogen-bond acceptors (Lipinski definition) is 5. The number of carbonyl (C=O) groups excluding carboxylic acids is 2. The highest BCUT2D eigenvalue weighted by atomic mass is 32.2. The van der Waals surface area contributed by atoms with E-state index in [2.05, 4.69) is 34.7 Å². The first-order valence-corrected chi connectivity index (χ1v) is 12.6. The highest BCUT2D eigenvalue weighted by Crippen LogP contribution is 2.31. The van der Waals surface area contributed by atoms with E-state index in [0.717, 1.165) is 26.6 Å². The van der Waals surface area contributed by atoms with Crippen LogP contribution in [0.4, 0.5) is 10.8 Å². The largest absolute Gasteiger partial charge is 0.322 e. The fourth-order valence-corrected chi connectivity index (χ4v) is 4.91. The van der Waals surface area contributed by atoms with Crippen molar-refractivity contribution in [1.82, 2.24) is 4.98 Å². The fraction of sp³-hybridized carbons (Fsp3) is 0.148. The third kappa shape index (κ3) is 6.12. The van der Waals surface area contributed by atoms with Gasteiger partial charge >= 0.3 is 0 Å². The summed E-state index contributed by atoms with van der Waals surface area (Å²) in [6, 6.07) is 23.1. The summed E-state index contributed by atoms with van der Waals surface area (Å²) in [6.07, 6.45) is 0. The van der Waals surface area contributed by atoms with Crippen LogP contribution in [0.5, 0.6) is 0 Å². The van der Waals surface area contributed by atoms with Gasteiger partial charge in [0.25, 0.3) is 5.91 Å². The lowest BCUT2D eigenvalue weighted by molar-refractivity contribution is -0.113. The van der Waals surface area contributed by atoms with Crippen molar-refractivity contribution < 1.29 is 9.59 Å². The summed E-state index contributed by atoms with van der Waals surface area (Å²) in [5.41, 5.74) is 5.53. The van der Waals surface area contributed by atoms with Gasteiger partial charge in [-0.1, -0.05) is 53.6 Å². The molecule has 0 aliphatic rings. The molecule has 0 unspecified atom stereocenters. The van der Waals surface area contributed by atoms with E-state index < -0.39 is 0 Å². The quantitative estimate of drug-likeness (QED) is 0.284. The van der Waals surface area contributed by atoms with Gasteiger partial charge in [0.2, 0.25) is 5.91 Å². The Morgan fingerprint density at radius 2 is 1.56 bits per heavy atom. The van der Waals surface area contributed by atoms with Gasteiger partial charge in [0.05, 0.1) is 11.4 Å². The Hall–Kier alpha value is -3.42. The van der Waals surface area contributed by atoms with Crippen LogP contribution >= 0.6 is 23.1 Å². The first kappa shape index (κ1) is 23.7. The second kappa shape index (κ2) is 10.7. The molecule has 7 heteroatoms.